The number of benzene rings is 1. The Hall–Kier alpha value is -3.13. The molecule has 2 aliphatic rings. The number of nitrogens with zero attached hydrogens (tertiary/aromatic N) is 3. The van der Waals surface area contributed by atoms with E-state index in [0.29, 0.717) is 37.1 Å². The second-order valence-corrected chi connectivity index (χ2v) is 9.95. The van der Waals surface area contributed by atoms with Gasteiger partial charge in [-0.1, -0.05) is 56.0 Å². The largest absolute Gasteiger partial charge is 0.491 e. The Morgan fingerprint density at radius 1 is 1.24 bits per heavy atom. The summed E-state index contributed by atoms with van der Waals surface area (Å²) < 4.78 is 7.48. The van der Waals surface area contributed by atoms with E-state index in [9.17, 15) is 14.7 Å². The van der Waals surface area contributed by atoms with Gasteiger partial charge in [0.1, 0.15) is 18.4 Å². The number of hydrogen-bond donors (Lipinski definition) is 2. The number of nitrogens with one attached hydrogen (secondary N) is 1. The first-order valence-corrected chi connectivity index (χ1v) is 12.0. The molecule has 2 N–H and O–H groups in total. The van der Waals surface area contributed by atoms with Gasteiger partial charge < -0.3 is 20.1 Å². The van der Waals surface area contributed by atoms with Crippen LogP contribution >= 0.6 is 0 Å². The Morgan fingerprint density at radius 3 is 2.68 bits per heavy atom. The highest BCUT2D eigenvalue weighted by Crippen LogP contribution is 2.31. The standard InChI is InChI=1S/C26H34N4O4/c1-26(2,33)18-29-13-12-23(28-29)27-25(32)22(14-19-8-6-7-9-19)30-16-21(15-24(30)31)34-17-20-10-4-3-5-11-20/h3-5,10-13,15,19,22,33H,6-9,14,16-18H2,1-2H3,(H,27,28,32). The van der Waals surface area contributed by atoms with E-state index in [0.717, 1.165) is 31.2 Å². The van der Waals surface area contributed by atoms with Gasteiger partial charge in [-0.15, -0.1) is 0 Å². The minimum Gasteiger partial charge on any atom is -0.491 e. The van der Waals surface area contributed by atoms with E-state index in [1.54, 1.807) is 35.7 Å². The summed E-state index contributed by atoms with van der Waals surface area (Å²) in [7, 11) is 0. The van der Waals surface area contributed by atoms with Crippen molar-refractivity contribution in [3.63, 3.8) is 0 Å². The second-order valence-electron chi connectivity index (χ2n) is 9.95. The predicted molar refractivity (Wildman–Crippen MR) is 129 cm³/mol. The first-order chi connectivity index (χ1) is 16.3. The van der Waals surface area contributed by atoms with E-state index < -0.39 is 11.6 Å². The summed E-state index contributed by atoms with van der Waals surface area (Å²) in [5, 5.41) is 17.3. The van der Waals surface area contributed by atoms with Crippen LogP contribution in [0.5, 0.6) is 0 Å². The molecule has 0 spiro atoms. The first-order valence-electron chi connectivity index (χ1n) is 12.0. The van der Waals surface area contributed by atoms with Crippen molar-refractivity contribution in [2.45, 2.75) is 70.7 Å². The molecule has 2 heterocycles. The van der Waals surface area contributed by atoms with Crippen molar-refractivity contribution < 1.29 is 19.4 Å². The molecular weight excluding hydrogens is 432 g/mol. The smallest absolute Gasteiger partial charge is 0.251 e. The van der Waals surface area contributed by atoms with Gasteiger partial charge in [0, 0.05) is 18.3 Å². The summed E-state index contributed by atoms with van der Waals surface area (Å²) in [6.45, 7) is 4.38. The number of amides is 2. The molecule has 1 aromatic carbocycles. The molecule has 34 heavy (non-hydrogen) atoms. The maximum Gasteiger partial charge on any atom is 0.251 e. The molecular formula is C26H34N4O4. The molecule has 1 aliphatic carbocycles. The highest BCUT2D eigenvalue weighted by Gasteiger charge is 2.36. The van der Waals surface area contributed by atoms with Crippen molar-refractivity contribution in [1.82, 2.24) is 14.7 Å². The molecule has 1 aliphatic heterocycles. The molecule has 4 rings (SSSR count). The van der Waals surface area contributed by atoms with Gasteiger partial charge in [0.25, 0.3) is 5.91 Å². The predicted octanol–water partition coefficient (Wildman–Crippen LogP) is 3.48. The zero-order valence-corrected chi connectivity index (χ0v) is 19.9. The zero-order valence-electron chi connectivity index (χ0n) is 19.9. The van der Waals surface area contributed by atoms with Gasteiger partial charge >= 0.3 is 0 Å². The van der Waals surface area contributed by atoms with Crippen LogP contribution in [0.15, 0.2) is 54.4 Å². The number of aliphatic hydroxyl groups is 1. The average molecular weight is 467 g/mol. The molecule has 0 saturated heterocycles. The van der Waals surface area contributed by atoms with E-state index in [1.165, 1.54) is 6.08 Å². The Morgan fingerprint density at radius 2 is 1.97 bits per heavy atom. The second kappa shape index (κ2) is 10.4. The lowest BCUT2D eigenvalue weighted by atomic mass is 9.96. The average Bonchev–Trinajstić information content (AvgIpc) is 3.52. The molecule has 1 saturated carbocycles. The van der Waals surface area contributed by atoms with Gasteiger partial charge in [-0.3, -0.25) is 14.3 Å². The summed E-state index contributed by atoms with van der Waals surface area (Å²) in [6, 6.07) is 10.9. The number of aromatic nitrogens is 2. The van der Waals surface area contributed by atoms with Crippen molar-refractivity contribution in [3.05, 3.63) is 60.0 Å². The zero-order chi connectivity index (χ0) is 24.1. The molecule has 0 bridgehead atoms. The van der Waals surface area contributed by atoms with Crippen molar-refractivity contribution in [2.24, 2.45) is 5.92 Å². The van der Waals surface area contributed by atoms with Gasteiger partial charge in [0.2, 0.25) is 5.91 Å². The lowest BCUT2D eigenvalue weighted by molar-refractivity contribution is -0.134. The minimum absolute atomic E-state index is 0.200. The topological polar surface area (TPSA) is 96.7 Å². The number of hydrogen-bond acceptors (Lipinski definition) is 5. The van der Waals surface area contributed by atoms with Crippen LogP contribution in [0.25, 0.3) is 0 Å². The van der Waals surface area contributed by atoms with Crippen LogP contribution in [-0.2, 0) is 27.5 Å². The van der Waals surface area contributed by atoms with Crippen molar-refractivity contribution in [2.75, 3.05) is 11.9 Å². The van der Waals surface area contributed by atoms with Crippen LogP contribution in [0, 0.1) is 5.92 Å². The lowest BCUT2D eigenvalue weighted by Crippen LogP contribution is -2.46. The van der Waals surface area contributed by atoms with Gasteiger partial charge in [-0.2, -0.15) is 5.10 Å². The van der Waals surface area contributed by atoms with E-state index in [1.807, 2.05) is 30.3 Å². The quantitative estimate of drug-likeness (QED) is 0.559. The molecule has 1 atom stereocenters. The third kappa shape index (κ3) is 6.47. The SMILES string of the molecule is CC(C)(O)Cn1ccc(NC(=O)C(CC2CCCC2)N2CC(OCc3ccccc3)=CC2=O)n1. The normalized spacial score (nSPS) is 17.7. The Balaban J connectivity index is 1.42. The van der Waals surface area contributed by atoms with E-state index in [2.05, 4.69) is 10.4 Å². The van der Waals surface area contributed by atoms with Crippen LogP contribution in [0.1, 0.15) is 51.5 Å². The number of rotatable bonds is 10. The Labute approximate surface area is 200 Å². The van der Waals surface area contributed by atoms with Crippen LogP contribution in [-0.4, -0.2) is 49.8 Å². The molecule has 8 nitrogen and oxygen atoms in total. The van der Waals surface area contributed by atoms with Gasteiger partial charge in [-0.25, -0.2) is 0 Å². The Bertz CT molecular complexity index is 1020. The number of anilines is 1. The summed E-state index contributed by atoms with van der Waals surface area (Å²) in [4.78, 5) is 27.8. The fourth-order valence-corrected chi connectivity index (χ4v) is 4.67. The van der Waals surface area contributed by atoms with Crippen LogP contribution < -0.4 is 5.32 Å². The Kier molecular flexibility index (Phi) is 7.36. The van der Waals surface area contributed by atoms with Crippen molar-refractivity contribution >= 4 is 17.6 Å². The first kappa shape index (κ1) is 24.0. The minimum atomic E-state index is -0.915. The number of carbonyl (C=O) groups excluding carboxylic acids is 2. The number of ether oxygens (including phenoxy) is 1. The molecule has 1 fully saturated rings. The van der Waals surface area contributed by atoms with E-state index in [-0.39, 0.29) is 18.4 Å². The lowest BCUT2D eigenvalue weighted by Gasteiger charge is -2.29. The molecule has 1 aromatic heterocycles. The van der Waals surface area contributed by atoms with Crippen LogP contribution in [0.3, 0.4) is 0 Å². The molecule has 2 amide bonds. The summed E-state index contributed by atoms with van der Waals surface area (Å²) in [5.41, 5.74) is 0.110. The fraction of sp³-hybridized carbons (Fsp3) is 0.500. The monoisotopic (exact) mass is 466 g/mol. The molecule has 1 unspecified atom stereocenters. The highest BCUT2D eigenvalue weighted by atomic mass is 16.5. The third-order valence-corrected chi connectivity index (χ3v) is 6.31. The van der Waals surface area contributed by atoms with E-state index >= 15 is 0 Å². The fourth-order valence-electron chi connectivity index (χ4n) is 4.67. The molecule has 182 valence electrons. The molecule has 0 radical (unpaired) electrons. The number of carbonyl (C=O) groups is 2. The van der Waals surface area contributed by atoms with Crippen LogP contribution in [0.4, 0.5) is 5.82 Å². The highest BCUT2D eigenvalue weighted by molar-refractivity contribution is 5.99. The maximum absolute atomic E-state index is 13.3. The maximum atomic E-state index is 13.3. The van der Waals surface area contributed by atoms with Gasteiger partial charge in [0.15, 0.2) is 5.82 Å². The summed E-state index contributed by atoms with van der Waals surface area (Å²) in [5.74, 6) is 0.962. The van der Waals surface area contributed by atoms with Crippen molar-refractivity contribution in [3.8, 4) is 0 Å². The van der Waals surface area contributed by atoms with Crippen molar-refractivity contribution in [1.29, 1.82) is 0 Å². The van der Waals surface area contributed by atoms with E-state index in [4.69, 9.17) is 4.74 Å². The van der Waals surface area contributed by atoms with Gasteiger partial charge in [-0.05, 0) is 31.7 Å². The third-order valence-electron chi connectivity index (χ3n) is 6.31. The molecule has 8 heteroatoms. The summed E-state index contributed by atoms with van der Waals surface area (Å²) >= 11 is 0. The molecule has 2 aromatic rings. The van der Waals surface area contributed by atoms with Crippen LogP contribution in [0.2, 0.25) is 0 Å². The van der Waals surface area contributed by atoms with Gasteiger partial charge in [0.05, 0.1) is 18.7 Å². The summed E-state index contributed by atoms with van der Waals surface area (Å²) in [6.07, 6.45) is 8.33.